The highest BCUT2D eigenvalue weighted by Gasteiger charge is 2.31. The number of likely N-dealkylation sites (N-methyl/N-ethyl adjacent to an activating group) is 1. The number of nitrogens with zero attached hydrogens (tertiary/aromatic N) is 4. The molecule has 8 nitrogen and oxygen atoms in total. The Morgan fingerprint density at radius 1 is 1.21 bits per heavy atom. The zero-order valence-corrected chi connectivity index (χ0v) is 19.7. The van der Waals surface area contributed by atoms with Crippen LogP contribution in [-0.4, -0.2) is 46.3 Å². The van der Waals surface area contributed by atoms with Crippen molar-refractivity contribution in [3.63, 3.8) is 0 Å². The van der Waals surface area contributed by atoms with Crippen molar-refractivity contribution in [2.24, 2.45) is 5.41 Å². The van der Waals surface area contributed by atoms with Gasteiger partial charge in [0.1, 0.15) is 24.7 Å². The number of hydrogen-bond donors (Lipinski definition) is 1. The first-order valence-electron chi connectivity index (χ1n) is 11.0. The summed E-state index contributed by atoms with van der Waals surface area (Å²) in [6, 6.07) is 14.3. The molecule has 0 aliphatic carbocycles. The maximum Gasteiger partial charge on any atom is 0.291 e. The summed E-state index contributed by atoms with van der Waals surface area (Å²) < 4.78 is 7.43. The fraction of sp³-hybridized carbons (Fsp3) is 0.308. The topological polar surface area (TPSA) is 89.4 Å². The molecule has 174 valence electrons. The first-order chi connectivity index (χ1) is 16.2. The molecule has 0 saturated carbocycles. The van der Waals surface area contributed by atoms with E-state index in [2.05, 4.69) is 27.2 Å². The van der Waals surface area contributed by atoms with Gasteiger partial charge in [-0.25, -0.2) is 9.67 Å². The second kappa shape index (κ2) is 9.40. The van der Waals surface area contributed by atoms with Crippen molar-refractivity contribution >= 4 is 17.5 Å². The van der Waals surface area contributed by atoms with Crippen LogP contribution in [0, 0.1) is 17.3 Å². The van der Waals surface area contributed by atoms with E-state index in [9.17, 15) is 9.59 Å². The molecule has 0 fully saturated rings. The highest BCUT2D eigenvalue weighted by molar-refractivity contribution is 6.02. The summed E-state index contributed by atoms with van der Waals surface area (Å²) in [7, 11) is 1.66. The zero-order valence-electron chi connectivity index (χ0n) is 19.7. The summed E-state index contributed by atoms with van der Waals surface area (Å²) in [6.07, 6.45) is 1.50. The molecule has 2 heterocycles. The molecule has 4 rings (SSSR count). The van der Waals surface area contributed by atoms with E-state index in [4.69, 9.17) is 4.74 Å². The number of anilines is 1. The molecule has 2 amide bonds. The molecule has 0 radical (unpaired) electrons. The van der Waals surface area contributed by atoms with Gasteiger partial charge in [0.05, 0.1) is 12.2 Å². The minimum absolute atomic E-state index is 0.000344. The van der Waals surface area contributed by atoms with Gasteiger partial charge >= 0.3 is 0 Å². The normalized spacial score (nSPS) is 15.5. The summed E-state index contributed by atoms with van der Waals surface area (Å²) in [5.41, 5.74) is 2.29. The second-order valence-corrected chi connectivity index (χ2v) is 9.17. The Morgan fingerprint density at radius 2 is 1.97 bits per heavy atom. The van der Waals surface area contributed by atoms with Crippen molar-refractivity contribution in [1.82, 2.24) is 20.1 Å². The van der Waals surface area contributed by atoms with Gasteiger partial charge in [-0.3, -0.25) is 9.59 Å². The van der Waals surface area contributed by atoms with Gasteiger partial charge in [0.15, 0.2) is 0 Å². The van der Waals surface area contributed by atoms with E-state index in [0.29, 0.717) is 18.0 Å². The molecule has 1 aliphatic rings. The van der Waals surface area contributed by atoms with E-state index >= 15 is 0 Å². The van der Waals surface area contributed by atoms with Crippen LogP contribution in [0.1, 0.15) is 42.5 Å². The van der Waals surface area contributed by atoms with Crippen LogP contribution in [0.3, 0.4) is 0 Å². The zero-order chi connectivity index (χ0) is 24.3. The fourth-order valence-corrected chi connectivity index (χ4v) is 3.41. The van der Waals surface area contributed by atoms with Gasteiger partial charge in [0.25, 0.3) is 11.8 Å². The predicted octanol–water partition coefficient (Wildman–Crippen LogP) is 2.88. The quantitative estimate of drug-likeness (QED) is 0.609. The third-order valence-corrected chi connectivity index (χ3v) is 5.17. The van der Waals surface area contributed by atoms with Crippen LogP contribution in [0.25, 0.3) is 0 Å². The molecule has 34 heavy (non-hydrogen) atoms. The lowest BCUT2D eigenvalue weighted by atomic mass is 9.97. The molecule has 8 heteroatoms. The van der Waals surface area contributed by atoms with Crippen LogP contribution in [0.2, 0.25) is 0 Å². The lowest BCUT2D eigenvalue weighted by Gasteiger charge is -2.20. The monoisotopic (exact) mass is 457 g/mol. The molecule has 1 atom stereocenters. The van der Waals surface area contributed by atoms with Crippen LogP contribution in [0.4, 0.5) is 5.69 Å². The number of aromatic nitrogens is 3. The average molecular weight is 458 g/mol. The minimum Gasteiger partial charge on any atom is -0.489 e. The molecule has 2 aromatic carbocycles. The Balaban J connectivity index is 1.46. The average Bonchev–Trinajstić information content (AvgIpc) is 3.24. The van der Waals surface area contributed by atoms with E-state index in [-0.39, 0.29) is 23.8 Å². The third kappa shape index (κ3) is 5.44. The van der Waals surface area contributed by atoms with E-state index in [0.717, 1.165) is 11.1 Å². The highest BCUT2D eigenvalue weighted by Crippen LogP contribution is 2.31. The number of nitrogens with one attached hydrogen (secondary N) is 1. The van der Waals surface area contributed by atoms with E-state index in [1.54, 1.807) is 17.8 Å². The number of ether oxygens (including phenoxy) is 1. The van der Waals surface area contributed by atoms with Crippen molar-refractivity contribution in [3.8, 4) is 17.6 Å². The third-order valence-electron chi connectivity index (χ3n) is 5.17. The van der Waals surface area contributed by atoms with Gasteiger partial charge in [-0.15, -0.1) is 5.10 Å². The maximum atomic E-state index is 13.1. The summed E-state index contributed by atoms with van der Waals surface area (Å²) in [5.74, 6) is 6.05. The Kier molecular flexibility index (Phi) is 6.37. The second-order valence-electron chi connectivity index (χ2n) is 9.17. The van der Waals surface area contributed by atoms with Gasteiger partial charge in [0.2, 0.25) is 5.82 Å². The van der Waals surface area contributed by atoms with Gasteiger partial charge in [-0.05, 0) is 44.5 Å². The van der Waals surface area contributed by atoms with Gasteiger partial charge in [0, 0.05) is 18.0 Å². The molecule has 1 aliphatic heterocycles. The molecule has 1 aromatic heterocycles. The number of amides is 2. The molecule has 0 bridgehead atoms. The van der Waals surface area contributed by atoms with Crippen LogP contribution < -0.4 is 15.0 Å². The molecular formula is C26H27N5O3. The van der Waals surface area contributed by atoms with Crippen molar-refractivity contribution in [2.45, 2.75) is 33.4 Å². The number of benzene rings is 2. The van der Waals surface area contributed by atoms with Crippen LogP contribution in [0.15, 0.2) is 54.9 Å². The number of hydrogen-bond acceptors (Lipinski definition) is 5. The first-order valence-corrected chi connectivity index (χ1v) is 11.0. The summed E-state index contributed by atoms with van der Waals surface area (Å²) in [4.78, 5) is 31.4. The van der Waals surface area contributed by atoms with Crippen LogP contribution in [-0.2, 0) is 11.3 Å². The molecular weight excluding hydrogens is 430 g/mol. The van der Waals surface area contributed by atoms with Crippen LogP contribution in [0.5, 0.6) is 5.75 Å². The lowest BCUT2D eigenvalue weighted by Crippen LogP contribution is -2.49. The Bertz CT molecular complexity index is 1260. The highest BCUT2D eigenvalue weighted by atomic mass is 16.5. The van der Waals surface area contributed by atoms with E-state index in [1.807, 2.05) is 63.2 Å². The largest absolute Gasteiger partial charge is 0.489 e. The van der Waals surface area contributed by atoms with Crippen LogP contribution >= 0.6 is 0 Å². The minimum atomic E-state index is -0.880. The van der Waals surface area contributed by atoms with E-state index in [1.165, 1.54) is 11.2 Å². The number of rotatable bonds is 4. The molecule has 0 spiro atoms. The molecule has 0 unspecified atom stereocenters. The SMILES string of the molecule is CN1C(=O)[C@@H](NC(=O)c2ncn(Cc3ccccc3)n2)COc2ccc(C#CC(C)(C)C)cc21. The first kappa shape index (κ1) is 23.1. The summed E-state index contributed by atoms with van der Waals surface area (Å²) in [6.45, 7) is 6.60. The van der Waals surface area contributed by atoms with E-state index < -0.39 is 11.9 Å². The summed E-state index contributed by atoms with van der Waals surface area (Å²) in [5, 5.41) is 6.95. The maximum absolute atomic E-state index is 13.1. The Hall–Kier alpha value is -4.12. The summed E-state index contributed by atoms with van der Waals surface area (Å²) >= 11 is 0. The standard InChI is InChI=1S/C26H27N5O3/c1-26(2,3)13-12-18-10-11-22-21(14-18)30(4)25(33)20(16-34-22)28-24(32)23-27-17-31(29-23)15-19-8-6-5-7-9-19/h5-11,14,17,20H,15-16H2,1-4H3,(H,28,32)/t20-/m0/s1. The van der Waals surface area contributed by atoms with Gasteiger partial charge < -0.3 is 15.0 Å². The fourth-order valence-electron chi connectivity index (χ4n) is 3.41. The Morgan fingerprint density at radius 3 is 2.71 bits per heavy atom. The van der Waals surface area contributed by atoms with Gasteiger partial charge in [-0.1, -0.05) is 42.2 Å². The van der Waals surface area contributed by atoms with Crippen molar-refractivity contribution in [1.29, 1.82) is 0 Å². The smallest absolute Gasteiger partial charge is 0.291 e. The van der Waals surface area contributed by atoms with Crippen molar-refractivity contribution < 1.29 is 14.3 Å². The number of carbonyl (C=O) groups excluding carboxylic acids is 2. The van der Waals surface area contributed by atoms with Crippen molar-refractivity contribution in [3.05, 3.63) is 71.8 Å². The lowest BCUT2D eigenvalue weighted by molar-refractivity contribution is -0.120. The number of fused-ring (bicyclic) bond motifs is 1. The van der Waals surface area contributed by atoms with Crippen molar-refractivity contribution in [2.75, 3.05) is 18.6 Å². The predicted molar refractivity (Wildman–Crippen MR) is 129 cm³/mol. The number of carbonyl (C=O) groups is 2. The molecule has 0 saturated heterocycles. The Labute approximate surface area is 198 Å². The van der Waals surface area contributed by atoms with Gasteiger partial charge in [-0.2, -0.15) is 0 Å². The molecule has 3 aromatic rings. The molecule has 1 N–H and O–H groups in total.